The lowest BCUT2D eigenvalue weighted by atomic mass is 10.3. The minimum absolute atomic E-state index is 0.221. The third-order valence-electron chi connectivity index (χ3n) is 2.25. The Hall–Kier alpha value is -0.900. The molecule has 14 heavy (non-hydrogen) atoms. The van der Waals surface area contributed by atoms with Gasteiger partial charge in [0.25, 0.3) is 0 Å². The standard InChI is InChI=1S/C10H14N2OS/c1-7-6-14-9(12-7)4-5-11-10(13)8-2-3-8/h6,8H,2-5H2,1H3,(H,11,13). The van der Waals surface area contributed by atoms with Crippen molar-refractivity contribution in [2.75, 3.05) is 6.54 Å². The van der Waals surface area contributed by atoms with Gasteiger partial charge in [-0.2, -0.15) is 0 Å². The molecule has 0 atom stereocenters. The van der Waals surface area contributed by atoms with Gasteiger partial charge in [-0.3, -0.25) is 4.79 Å². The zero-order chi connectivity index (χ0) is 9.97. The molecule has 1 aliphatic carbocycles. The Kier molecular flexibility index (Phi) is 2.82. The quantitative estimate of drug-likeness (QED) is 0.818. The monoisotopic (exact) mass is 210 g/mol. The molecule has 1 N–H and O–H groups in total. The van der Waals surface area contributed by atoms with Crippen LogP contribution in [0.25, 0.3) is 0 Å². The molecule has 4 heteroatoms. The average molecular weight is 210 g/mol. The van der Waals surface area contributed by atoms with E-state index >= 15 is 0 Å². The summed E-state index contributed by atoms with van der Waals surface area (Å²) in [6, 6.07) is 0. The molecule has 0 saturated heterocycles. The molecule has 0 aromatic carbocycles. The number of aryl methyl sites for hydroxylation is 1. The number of carbonyl (C=O) groups is 1. The van der Waals surface area contributed by atoms with Gasteiger partial charge >= 0.3 is 0 Å². The lowest BCUT2D eigenvalue weighted by molar-refractivity contribution is -0.122. The van der Waals surface area contributed by atoms with Crippen LogP contribution in [-0.4, -0.2) is 17.4 Å². The molecule has 0 spiro atoms. The molecule has 1 saturated carbocycles. The smallest absolute Gasteiger partial charge is 0.223 e. The van der Waals surface area contributed by atoms with Gasteiger partial charge in [0.05, 0.1) is 5.01 Å². The molecule has 1 aromatic rings. The predicted octanol–water partition coefficient (Wildman–Crippen LogP) is 1.52. The van der Waals surface area contributed by atoms with Crippen molar-refractivity contribution in [3.8, 4) is 0 Å². The van der Waals surface area contributed by atoms with Crippen LogP contribution in [-0.2, 0) is 11.2 Å². The second-order valence-electron chi connectivity index (χ2n) is 3.70. The third-order valence-corrected chi connectivity index (χ3v) is 3.28. The van der Waals surface area contributed by atoms with Gasteiger partial charge in [-0.15, -0.1) is 11.3 Å². The molecule has 2 rings (SSSR count). The number of aromatic nitrogens is 1. The predicted molar refractivity (Wildman–Crippen MR) is 56.3 cm³/mol. The van der Waals surface area contributed by atoms with Gasteiger partial charge in [0, 0.05) is 30.0 Å². The molecule has 1 aromatic heterocycles. The van der Waals surface area contributed by atoms with Gasteiger partial charge in [-0.25, -0.2) is 4.98 Å². The summed E-state index contributed by atoms with van der Waals surface area (Å²) in [5.74, 6) is 0.534. The Morgan fingerprint density at radius 1 is 1.71 bits per heavy atom. The van der Waals surface area contributed by atoms with Crippen molar-refractivity contribution >= 4 is 17.2 Å². The largest absolute Gasteiger partial charge is 0.355 e. The lowest BCUT2D eigenvalue weighted by Crippen LogP contribution is -2.26. The van der Waals surface area contributed by atoms with Crippen LogP contribution in [0.4, 0.5) is 0 Å². The molecule has 0 unspecified atom stereocenters. The fourth-order valence-corrected chi connectivity index (χ4v) is 2.08. The van der Waals surface area contributed by atoms with Crippen molar-refractivity contribution < 1.29 is 4.79 Å². The highest BCUT2D eigenvalue weighted by molar-refractivity contribution is 7.09. The third kappa shape index (κ3) is 2.54. The summed E-state index contributed by atoms with van der Waals surface area (Å²) in [5.41, 5.74) is 1.07. The van der Waals surface area contributed by atoms with Crippen molar-refractivity contribution in [2.24, 2.45) is 5.92 Å². The van der Waals surface area contributed by atoms with E-state index < -0.39 is 0 Å². The van der Waals surface area contributed by atoms with Crippen LogP contribution in [0.15, 0.2) is 5.38 Å². The first kappa shape index (κ1) is 9.65. The normalized spacial score (nSPS) is 15.5. The number of hydrogen-bond acceptors (Lipinski definition) is 3. The Labute approximate surface area is 87.6 Å². The minimum Gasteiger partial charge on any atom is -0.355 e. The van der Waals surface area contributed by atoms with E-state index in [0.29, 0.717) is 5.92 Å². The summed E-state index contributed by atoms with van der Waals surface area (Å²) in [7, 11) is 0. The summed E-state index contributed by atoms with van der Waals surface area (Å²) >= 11 is 1.66. The summed E-state index contributed by atoms with van der Waals surface area (Å²) in [5, 5.41) is 6.08. The van der Waals surface area contributed by atoms with Crippen LogP contribution in [0.3, 0.4) is 0 Å². The maximum Gasteiger partial charge on any atom is 0.223 e. The fourth-order valence-electron chi connectivity index (χ4n) is 1.30. The number of amides is 1. The number of thiazole rings is 1. The Balaban J connectivity index is 1.69. The minimum atomic E-state index is 0.221. The van der Waals surface area contributed by atoms with Gasteiger partial charge in [0.15, 0.2) is 0 Å². The highest BCUT2D eigenvalue weighted by atomic mass is 32.1. The zero-order valence-corrected chi connectivity index (χ0v) is 9.06. The maximum absolute atomic E-state index is 11.3. The molecular weight excluding hydrogens is 196 g/mol. The summed E-state index contributed by atoms with van der Waals surface area (Å²) in [4.78, 5) is 15.6. The van der Waals surface area contributed by atoms with E-state index in [4.69, 9.17) is 0 Å². The molecule has 1 amide bonds. The first-order chi connectivity index (χ1) is 6.75. The molecule has 76 valence electrons. The van der Waals surface area contributed by atoms with Crippen LogP contribution < -0.4 is 5.32 Å². The zero-order valence-electron chi connectivity index (χ0n) is 8.25. The fraction of sp³-hybridized carbons (Fsp3) is 0.600. The van der Waals surface area contributed by atoms with Crippen LogP contribution in [0.2, 0.25) is 0 Å². The highest BCUT2D eigenvalue weighted by Crippen LogP contribution is 2.28. The van der Waals surface area contributed by atoms with Gasteiger partial charge in [0.2, 0.25) is 5.91 Å². The van der Waals surface area contributed by atoms with Crippen LogP contribution in [0.5, 0.6) is 0 Å². The van der Waals surface area contributed by atoms with Crippen molar-refractivity contribution in [1.29, 1.82) is 0 Å². The molecule has 0 radical (unpaired) electrons. The topological polar surface area (TPSA) is 42.0 Å². The Morgan fingerprint density at radius 2 is 2.50 bits per heavy atom. The van der Waals surface area contributed by atoms with E-state index in [0.717, 1.165) is 36.5 Å². The first-order valence-electron chi connectivity index (χ1n) is 4.94. The van der Waals surface area contributed by atoms with E-state index in [1.807, 2.05) is 12.3 Å². The first-order valence-corrected chi connectivity index (χ1v) is 5.82. The number of nitrogens with zero attached hydrogens (tertiary/aromatic N) is 1. The summed E-state index contributed by atoms with van der Waals surface area (Å²) in [6.07, 6.45) is 3.00. The highest BCUT2D eigenvalue weighted by Gasteiger charge is 2.28. The molecule has 1 aliphatic rings. The van der Waals surface area contributed by atoms with Crippen LogP contribution in [0.1, 0.15) is 23.5 Å². The molecule has 1 heterocycles. The molecular formula is C10H14N2OS. The number of carbonyl (C=O) groups excluding carboxylic acids is 1. The number of rotatable bonds is 4. The van der Waals surface area contributed by atoms with Crippen molar-refractivity contribution in [3.63, 3.8) is 0 Å². The van der Waals surface area contributed by atoms with E-state index in [1.54, 1.807) is 11.3 Å². The second-order valence-corrected chi connectivity index (χ2v) is 4.64. The van der Waals surface area contributed by atoms with Crippen molar-refractivity contribution in [2.45, 2.75) is 26.2 Å². The van der Waals surface area contributed by atoms with Gasteiger partial charge in [0.1, 0.15) is 0 Å². The SMILES string of the molecule is Cc1csc(CCNC(=O)C2CC2)n1. The number of hydrogen-bond donors (Lipinski definition) is 1. The summed E-state index contributed by atoms with van der Waals surface area (Å²) in [6.45, 7) is 2.71. The number of nitrogens with one attached hydrogen (secondary N) is 1. The van der Waals surface area contributed by atoms with E-state index in [1.165, 1.54) is 0 Å². The summed E-state index contributed by atoms with van der Waals surface area (Å²) < 4.78 is 0. The molecule has 0 bridgehead atoms. The molecule has 1 fully saturated rings. The van der Waals surface area contributed by atoms with Gasteiger partial charge < -0.3 is 5.32 Å². The molecule has 3 nitrogen and oxygen atoms in total. The van der Waals surface area contributed by atoms with Gasteiger partial charge in [-0.05, 0) is 19.8 Å². The average Bonchev–Trinajstić information content (AvgIpc) is 2.92. The van der Waals surface area contributed by atoms with Crippen molar-refractivity contribution in [1.82, 2.24) is 10.3 Å². The van der Waals surface area contributed by atoms with E-state index in [-0.39, 0.29) is 5.91 Å². The van der Waals surface area contributed by atoms with Crippen molar-refractivity contribution in [3.05, 3.63) is 16.1 Å². The van der Waals surface area contributed by atoms with E-state index in [2.05, 4.69) is 10.3 Å². The Bertz CT molecular complexity index is 331. The van der Waals surface area contributed by atoms with Crippen LogP contribution >= 0.6 is 11.3 Å². The van der Waals surface area contributed by atoms with E-state index in [9.17, 15) is 4.79 Å². The van der Waals surface area contributed by atoms with Crippen LogP contribution in [0, 0.1) is 12.8 Å². The lowest BCUT2D eigenvalue weighted by Gasteiger charge is -2.01. The Morgan fingerprint density at radius 3 is 3.07 bits per heavy atom. The second kappa shape index (κ2) is 4.09. The maximum atomic E-state index is 11.3. The van der Waals surface area contributed by atoms with Gasteiger partial charge in [-0.1, -0.05) is 0 Å². The molecule has 0 aliphatic heterocycles.